The molecule has 28 heavy (non-hydrogen) atoms. The number of ether oxygens (including phenoxy) is 3. The van der Waals surface area contributed by atoms with Gasteiger partial charge in [0.2, 0.25) is 5.78 Å². The van der Waals surface area contributed by atoms with Gasteiger partial charge < -0.3 is 19.1 Å². The number of hydrogen-bond donors (Lipinski definition) is 0. The fraction of sp³-hybridized carbons (Fsp3) is 0.136. The minimum Gasteiger partial charge on any atom is -0.495 e. The molecule has 140 valence electrons. The second-order valence-corrected chi connectivity index (χ2v) is 7.50. The number of fused-ring (bicyclic) bond motifs is 3. The Morgan fingerprint density at radius 3 is 2.86 bits per heavy atom. The largest absolute Gasteiger partial charge is 0.495 e. The number of ketones is 1. The maximum atomic E-state index is 12.8. The summed E-state index contributed by atoms with van der Waals surface area (Å²) in [5.74, 6) is 2.36. The van der Waals surface area contributed by atoms with Crippen molar-refractivity contribution in [3.05, 3.63) is 75.7 Å². The number of thiophene rings is 1. The highest BCUT2D eigenvalue weighted by molar-refractivity contribution is 7.10. The third-order valence-electron chi connectivity index (χ3n) is 4.87. The van der Waals surface area contributed by atoms with Crippen LogP contribution < -0.4 is 19.1 Å². The predicted molar refractivity (Wildman–Crippen MR) is 108 cm³/mol. The van der Waals surface area contributed by atoms with E-state index in [9.17, 15) is 4.79 Å². The molecule has 2 aromatic carbocycles. The van der Waals surface area contributed by atoms with Crippen LogP contribution in [0.25, 0.3) is 6.08 Å². The van der Waals surface area contributed by atoms with E-state index >= 15 is 0 Å². The molecule has 0 saturated carbocycles. The van der Waals surface area contributed by atoms with Crippen LogP contribution in [0.1, 0.15) is 20.8 Å². The summed E-state index contributed by atoms with van der Waals surface area (Å²) >= 11 is 1.57. The molecule has 6 heteroatoms. The second kappa shape index (κ2) is 6.73. The third kappa shape index (κ3) is 2.73. The molecule has 1 aromatic heterocycles. The van der Waals surface area contributed by atoms with Crippen molar-refractivity contribution in [2.75, 3.05) is 18.7 Å². The predicted octanol–water partition coefficient (Wildman–Crippen LogP) is 4.73. The summed E-state index contributed by atoms with van der Waals surface area (Å²) in [7, 11) is 1.65. The van der Waals surface area contributed by atoms with E-state index in [0.29, 0.717) is 30.3 Å². The van der Waals surface area contributed by atoms with Crippen molar-refractivity contribution >= 4 is 28.9 Å². The monoisotopic (exact) mass is 391 g/mol. The smallest absolute Gasteiger partial charge is 0.232 e. The van der Waals surface area contributed by atoms with E-state index in [4.69, 9.17) is 14.2 Å². The van der Waals surface area contributed by atoms with Crippen LogP contribution in [0, 0.1) is 0 Å². The summed E-state index contributed by atoms with van der Waals surface area (Å²) in [5.41, 5.74) is 2.39. The number of nitrogens with zero attached hydrogens (tertiary/aromatic N) is 1. The van der Waals surface area contributed by atoms with Gasteiger partial charge in [-0.15, -0.1) is 11.3 Å². The SMILES string of the molecule is COc1ccccc1N1COc2ccc3c(c2C1)OC(=Cc1cccs1)C3=O. The minimum absolute atomic E-state index is 0.0967. The molecule has 0 fully saturated rings. The van der Waals surface area contributed by atoms with Crippen molar-refractivity contribution < 1.29 is 19.0 Å². The maximum Gasteiger partial charge on any atom is 0.232 e. The van der Waals surface area contributed by atoms with Crippen LogP contribution in [0.2, 0.25) is 0 Å². The van der Waals surface area contributed by atoms with Crippen molar-refractivity contribution in [1.29, 1.82) is 0 Å². The summed E-state index contributed by atoms with van der Waals surface area (Å²) in [6.07, 6.45) is 1.79. The Morgan fingerprint density at radius 2 is 2.04 bits per heavy atom. The number of para-hydroxylation sites is 2. The number of methoxy groups -OCH3 is 1. The van der Waals surface area contributed by atoms with Gasteiger partial charge in [0, 0.05) is 11.0 Å². The molecule has 0 aliphatic carbocycles. The molecule has 2 aliphatic heterocycles. The minimum atomic E-state index is -0.0967. The summed E-state index contributed by atoms with van der Waals surface area (Å²) in [5, 5.41) is 1.97. The molecule has 0 atom stereocenters. The van der Waals surface area contributed by atoms with Gasteiger partial charge in [-0.3, -0.25) is 4.79 Å². The number of benzene rings is 2. The molecule has 5 rings (SSSR count). The first kappa shape index (κ1) is 16.9. The zero-order valence-corrected chi connectivity index (χ0v) is 16.0. The van der Waals surface area contributed by atoms with E-state index in [0.717, 1.165) is 27.6 Å². The van der Waals surface area contributed by atoms with E-state index in [1.165, 1.54) is 0 Å². The zero-order valence-electron chi connectivity index (χ0n) is 15.2. The lowest BCUT2D eigenvalue weighted by Gasteiger charge is -2.32. The highest BCUT2D eigenvalue weighted by Crippen LogP contribution is 2.43. The molecule has 0 N–H and O–H groups in total. The Labute approximate surface area is 166 Å². The van der Waals surface area contributed by atoms with Gasteiger partial charge in [0.25, 0.3) is 0 Å². The van der Waals surface area contributed by atoms with Crippen LogP contribution in [0.5, 0.6) is 17.2 Å². The molecular weight excluding hydrogens is 374 g/mol. The van der Waals surface area contributed by atoms with Crippen LogP contribution in [0.3, 0.4) is 0 Å². The standard InChI is InChI=1S/C22H17NO4S/c1-25-19-7-3-2-6-17(19)23-12-16-18(26-13-23)9-8-15-21(24)20(27-22(15)16)11-14-5-4-10-28-14/h2-11H,12-13H2,1H3. The first-order valence-electron chi connectivity index (χ1n) is 8.89. The number of hydrogen-bond acceptors (Lipinski definition) is 6. The summed E-state index contributed by atoms with van der Waals surface area (Å²) in [4.78, 5) is 15.8. The van der Waals surface area contributed by atoms with E-state index in [1.54, 1.807) is 30.6 Å². The molecule has 0 amide bonds. The Balaban J connectivity index is 1.52. The van der Waals surface area contributed by atoms with Gasteiger partial charge in [-0.05, 0) is 35.7 Å². The Bertz CT molecular complexity index is 1090. The van der Waals surface area contributed by atoms with Gasteiger partial charge >= 0.3 is 0 Å². The molecule has 0 unspecified atom stereocenters. The van der Waals surface area contributed by atoms with Gasteiger partial charge in [0.15, 0.2) is 12.5 Å². The van der Waals surface area contributed by atoms with Crippen molar-refractivity contribution in [2.24, 2.45) is 0 Å². The molecular formula is C22H17NO4S. The molecule has 0 radical (unpaired) electrons. The molecule has 5 nitrogen and oxygen atoms in total. The Kier molecular flexibility index (Phi) is 4.06. The maximum absolute atomic E-state index is 12.8. The van der Waals surface area contributed by atoms with Gasteiger partial charge in [-0.1, -0.05) is 18.2 Å². The average Bonchev–Trinajstić information content (AvgIpc) is 3.36. The van der Waals surface area contributed by atoms with E-state index in [1.807, 2.05) is 47.8 Å². The van der Waals surface area contributed by atoms with E-state index in [-0.39, 0.29) is 5.78 Å². The highest BCUT2D eigenvalue weighted by atomic mass is 32.1. The summed E-state index contributed by atoms with van der Waals surface area (Å²) < 4.78 is 17.4. The van der Waals surface area contributed by atoms with Crippen LogP contribution in [-0.2, 0) is 6.54 Å². The summed E-state index contributed by atoms with van der Waals surface area (Å²) in [6, 6.07) is 15.3. The van der Waals surface area contributed by atoms with Crippen molar-refractivity contribution in [1.82, 2.24) is 0 Å². The average molecular weight is 391 g/mol. The normalized spacial score (nSPS) is 16.4. The molecule has 0 bridgehead atoms. The number of rotatable bonds is 3. The van der Waals surface area contributed by atoms with Crippen LogP contribution in [-0.4, -0.2) is 19.6 Å². The van der Waals surface area contributed by atoms with Gasteiger partial charge in [0.05, 0.1) is 30.5 Å². The fourth-order valence-electron chi connectivity index (χ4n) is 3.51. The van der Waals surface area contributed by atoms with Crippen LogP contribution in [0.4, 0.5) is 5.69 Å². The molecule has 0 spiro atoms. The lowest BCUT2D eigenvalue weighted by molar-refractivity contribution is 0.101. The number of carbonyl (C=O) groups is 1. The lowest BCUT2D eigenvalue weighted by atomic mass is 10.0. The Morgan fingerprint density at radius 1 is 1.14 bits per heavy atom. The molecule has 0 saturated heterocycles. The first-order valence-corrected chi connectivity index (χ1v) is 9.77. The van der Waals surface area contributed by atoms with Crippen molar-refractivity contribution in [2.45, 2.75) is 6.54 Å². The van der Waals surface area contributed by atoms with Gasteiger partial charge in [-0.2, -0.15) is 0 Å². The summed E-state index contributed by atoms with van der Waals surface area (Å²) in [6.45, 7) is 0.969. The molecule has 3 heterocycles. The van der Waals surface area contributed by atoms with E-state index < -0.39 is 0 Å². The lowest BCUT2D eigenvalue weighted by Crippen LogP contribution is -2.32. The number of allylic oxidation sites excluding steroid dienone is 1. The quantitative estimate of drug-likeness (QED) is 0.604. The first-order chi connectivity index (χ1) is 13.7. The molecule has 2 aliphatic rings. The van der Waals surface area contributed by atoms with Gasteiger partial charge in [-0.25, -0.2) is 0 Å². The van der Waals surface area contributed by atoms with Crippen LogP contribution >= 0.6 is 11.3 Å². The van der Waals surface area contributed by atoms with Crippen LogP contribution in [0.15, 0.2) is 59.7 Å². The number of anilines is 1. The number of Topliss-reactive ketones (excluding diaryl/α,β-unsaturated/α-hetero) is 1. The number of carbonyl (C=O) groups excluding carboxylic acids is 1. The molecule has 3 aromatic rings. The van der Waals surface area contributed by atoms with E-state index in [2.05, 4.69) is 4.90 Å². The fourth-order valence-corrected chi connectivity index (χ4v) is 4.15. The van der Waals surface area contributed by atoms with Crippen molar-refractivity contribution in [3.63, 3.8) is 0 Å². The topological polar surface area (TPSA) is 48.0 Å². The van der Waals surface area contributed by atoms with Crippen molar-refractivity contribution in [3.8, 4) is 17.2 Å². The Hall–Kier alpha value is -3.25. The highest BCUT2D eigenvalue weighted by Gasteiger charge is 2.34. The second-order valence-electron chi connectivity index (χ2n) is 6.52. The third-order valence-corrected chi connectivity index (χ3v) is 5.68. The zero-order chi connectivity index (χ0) is 19.1. The van der Waals surface area contributed by atoms with Gasteiger partial charge in [0.1, 0.15) is 17.2 Å².